The number of hydrogen-bond acceptors (Lipinski definition) is 4. The molecule has 0 bridgehead atoms. The molecule has 1 amide bonds. The van der Waals surface area contributed by atoms with Crippen LogP contribution in [0.3, 0.4) is 0 Å². The quantitative estimate of drug-likeness (QED) is 0.358. The third-order valence-electron chi connectivity index (χ3n) is 5.19. The number of amides is 1. The Kier molecular flexibility index (Phi) is 7.33. The molecule has 0 aliphatic rings. The second kappa shape index (κ2) is 10.8. The van der Waals surface area contributed by atoms with Crippen molar-refractivity contribution in [2.45, 2.75) is 12.7 Å². The standard InChI is InChI=1S/C24H19N5O.C2HF3O2/c30-24(26-17-18-8-4-6-13-25-18)20-16-23(28-14-7-5-11-22(20)28)21-12-15-29(27-21)19-9-2-1-3-10-19;3-2(4,5)1(6)7/h1-16H,17H2,(H,26,30);(H,6,7). The number of aromatic nitrogens is 4. The van der Waals surface area contributed by atoms with E-state index in [1.54, 1.807) is 6.20 Å². The third-order valence-corrected chi connectivity index (χ3v) is 5.19. The van der Waals surface area contributed by atoms with Crippen molar-refractivity contribution in [1.82, 2.24) is 24.5 Å². The predicted octanol–water partition coefficient (Wildman–Crippen LogP) is 4.75. The van der Waals surface area contributed by atoms with E-state index < -0.39 is 12.1 Å². The predicted molar refractivity (Wildman–Crippen MR) is 129 cm³/mol. The minimum absolute atomic E-state index is 0.141. The summed E-state index contributed by atoms with van der Waals surface area (Å²) in [4.78, 5) is 26.1. The number of hydrogen-bond donors (Lipinski definition) is 2. The first kappa shape index (κ1) is 25.2. The average molecular weight is 507 g/mol. The largest absolute Gasteiger partial charge is 0.490 e. The molecule has 0 aliphatic carbocycles. The van der Waals surface area contributed by atoms with Crippen molar-refractivity contribution in [2.75, 3.05) is 0 Å². The lowest BCUT2D eigenvalue weighted by atomic mass is 10.2. The first-order valence-electron chi connectivity index (χ1n) is 10.9. The smallest absolute Gasteiger partial charge is 0.475 e. The van der Waals surface area contributed by atoms with Gasteiger partial charge in [0.1, 0.15) is 5.69 Å². The lowest BCUT2D eigenvalue weighted by Crippen LogP contribution is -2.23. The summed E-state index contributed by atoms with van der Waals surface area (Å²) in [6, 6.07) is 25.2. The molecule has 4 aromatic heterocycles. The van der Waals surface area contributed by atoms with Crippen LogP contribution in [0.15, 0.2) is 97.5 Å². The van der Waals surface area contributed by atoms with Gasteiger partial charge in [0.25, 0.3) is 5.91 Å². The SMILES string of the molecule is O=C(NCc1ccccn1)c1cc(-c2ccn(-c3ccccc3)n2)n2ccccc12.O=C(O)C(F)(F)F. The molecule has 0 radical (unpaired) electrons. The average Bonchev–Trinajstić information content (AvgIpc) is 3.54. The van der Waals surface area contributed by atoms with Crippen molar-refractivity contribution in [3.63, 3.8) is 0 Å². The maximum Gasteiger partial charge on any atom is 0.490 e. The first-order valence-corrected chi connectivity index (χ1v) is 10.9. The van der Waals surface area contributed by atoms with Crippen molar-refractivity contribution in [1.29, 1.82) is 0 Å². The van der Waals surface area contributed by atoms with Crippen LogP contribution in [0.5, 0.6) is 0 Å². The number of rotatable bonds is 5. The van der Waals surface area contributed by atoms with Gasteiger partial charge in [-0.1, -0.05) is 30.3 Å². The summed E-state index contributed by atoms with van der Waals surface area (Å²) in [6.45, 7) is 0.377. The Balaban J connectivity index is 0.000000405. The molecule has 188 valence electrons. The minimum atomic E-state index is -5.08. The van der Waals surface area contributed by atoms with E-state index in [1.807, 2.05) is 100 Å². The lowest BCUT2D eigenvalue weighted by Gasteiger charge is -2.04. The van der Waals surface area contributed by atoms with Gasteiger partial charge in [0.2, 0.25) is 0 Å². The summed E-state index contributed by atoms with van der Waals surface area (Å²) in [5, 5.41) is 14.8. The number of aliphatic carboxylic acids is 1. The number of nitrogens with one attached hydrogen (secondary N) is 1. The fraction of sp³-hybridized carbons (Fsp3) is 0.0769. The molecule has 1 aromatic carbocycles. The molecule has 5 rings (SSSR count). The second-order valence-corrected chi connectivity index (χ2v) is 7.69. The number of carboxylic acid groups (broad SMARTS) is 1. The highest BCUT2D eigenvalue weighted by Gasteiger charge is 2.38. The Labute approximate surface area is 208 Å². The lowest BCUT2D eigenvalue weighted by molar-refractivity contribution is -0.192. The number of alkyl halides is 3. The monoisotopic (exact) mass is 507 g/mol. The highest BCUT2D eigenvalue weighted by Crippen LogP contribution is 2.26. The molecule has 0 aliphatic heterocycles. The molecule has 37 heavy (non-hydrogen) atoms. The molecule has 0 unspecified atom stereocenters. The number of fused-ring (bicyclic) bond motifs is 1. The maximum absolute atomic E-state index is 12.9. The number of carboxylic acids is 1. The summed E-state index contributed by atoms with van der Waals surface area (Å²) < 4.78 is 35.6. The Morgan fingerprint density at radius 3 is 2.30 bits per heavy atom. The summed E-state index contributed by atoms with van der Waals surface area (Å²) in [5.41, 5.74) is 4.90. The van der Waals surface area contributed by atoms with Gasteiger partial charge in [0.15, 0.2) is 0 Å². The fourth-order valence-corrected chi connectivity index (χ4v) is 3.49. The molecular formula is C26H20F3N5O3. The zero-order valence-corrected chi connectivity index (χ0v) is 19.1. The van der Waals surface area contributed by atoms with Crippen LogP contribution in [-0.2, 0) is 11.3 Å². The van der Waals surface area contributed by atoms with Crippen LogP contribution in [0, 0.1) is 0 Å². The van der Waals surface area contributed by atoms with Crippen LogP contribution in [0.4, 0.5) is 13.2 Å². The van der Waals surface area contributed by atoms with E-state index in [0.29, 0.717) is 12.1 Å². The number of pyridine rings is 2. The molecule has 0 atom stereocenters. The number of carbonyl (C=O) groups is 2. The number of halogens is 3. The highest BCUT2D eigenvalue weighted by atomic mass is 19.4. The van der Waals surface area contributed by atoms with Gasteiger partial charge in [0, 0.05) is 18.6 Å². The molecule has 11 heteroatoms. The molecule has 0 saturated carbocycles. The van der Waals surface area contributed by atoms with E-state index in [1.165, 1.54) is 0 Å². The number of benzene rings is 1. The Hall–Kier alpha value is -4.93. The van der Waals surface area contributed by atoms with Gasteiger partial charge >= 0.3 is 12.1 Å². The summed E-state index contributed by atoms with van der Waals surface area (Å²) in [6.07, 6.45) is 0.506. The van der Waals surface area contributed by atoms with Crippen molar-refractivity contribution >= 4 is 17.4 Å². The number of carbonyl (C=O) groups excluding carboxylic acids is 1. The van der Waals surface area contributed by atoms with Crippen LogP contribution in [0.2, 0.25) is 0 Å². The third kappa shape index (κ3) is 6.01. The van der Waals surface area contributed by atoms with Crippen LogP contribution in [-0.4, -0.2) is 42.3 Å². The van der Waals surface area contributed by atoms with Gasteiger partial charge in [0.05, 0.1) is 34.7 Å². The second-order valence-electron chi connectivity index (χ2n) is 7.69. The van der Waals surface area contributed by atoms with Crippen LogP contribution in [0.1, 0.15) is 16.1 Å². The normalized spacial score (nSPS) is 11.0. The van der Waals surface area contributed by atoms with E-state index in [9.17, 15) is 18.0 Å². The van der Waals surface area contributed by atoms with Gasteiger partial charge in [-0.25, -0.2) is 9.48 Å². The van der Waals surface area contributed by atoms with Crippen molar-refractivity contribution < 1.29 is 27.9 Å². The zero-order chi connectivity index (χ0) is 26.4. The summed E-state index contributed by atoms with van der Waals surface area (Å²) >= 11 is 0. The summed E-state index contributed by atoms with van der Waals surface area (Å²) in [5.74, 6) is -2.90. The maximum atomic E-state index is 12.9. The van der Waals surface area contributed by atoms with Crippen LogP contribution in [0.25, 0.3) is 22.6 Å². The zero-order valence-electron chi connectivity index (χ0n) is 19.1. The van der Waals surface area contributed by atoms with E-state index >= 15 is 0 Å². The Morgan fingerprint density at radius 2 is 1.62 bits per heavy atom. The van der Waals surface area contributed by atoms with E-state index in [4.69, 9.17) is 15.0 Å². The van der Waals surface area contributed by atoms with E-state index in [0.717, 1.165) is 28.3 Å². The summed E-state index contributed by atoms with van der Waals surface area (Å²) in [7, 11) is 0. The Morgan fingerprint density at radius 1 is 0.919 bits per heavy atom. The van der Waals surface area contributed by atoms with Gasteiger partial charge in [-0.2, -0.15) is 18.3 Å². The van der Waals surface area contributed by atoms with Crippen molar-refractivity contribution in [3.8, 4) is 17.1 Å². The van der Waals surface area contributed by atoms with E-state index in [2.05, 4.69) is 10.3 Å². The van der Waals surface area contributed by atoms with Gasteiger partial charge < -0.3 is 14.8 Å². The van der Waals surface area contributed by atoms with Crippen LogP contribution >= 0.6 is 0 Å². The molecule has 2 N–H and O–H groups in total. The van der Waals surface area contributed by atoms with Gasteiger partial charge in [-0.15, -0.1) is 0 Å². The fourth-order valence-electron chi connectivity index (χ4n) is 3.49. The highest BCUT2D eigenvalue weighted by molar-refractivity contribution is 6.02. The molecule has 0 saturated heterocycles. The minimum Gasteiger partial charge on any atom is -0.475 e. The number of para-hydroxylation sites is 1. The molecule has 0 fully saturated rings. The Bertz CT molecular complexity index is 1510. The van der Waals surface area contributed by atoms with Crippen molar-refractivity contribution in [2.24, 2.45) is 0 Å². The van der Waals surface area contributed by atoms with Crippen molar-refractivity contribution in [3.05, 3.63) is 109 Å². The van der Waals surface area contributed by atoms with Gasteiger partial charge in [-0.3, -0.25) is 9.78 Å². The van der Waals surface area contributed by atoms with Gasteiger partial charge in [-0.05, 0) is 48.5 Å². The molecule has 4 heterocycles. The molecule has 5 aromatic rings. The first-order chi connectivity index (χ1) is 17.7. The van der Waals surface area contributed by atoms with E-state index in [-0.39, 0.29) is 5.91 Å². The topological polar surface area (TPSA) is 102 Å². The van der Waals surface area contributed by atoms with Crippen LogP contribution < -0.4 is 5.32 Å². The number of nitrogens with zero attached hydrogens (tertiary/aromatic N) is 4. The molecule has 8 nitrogen and oxygen atoms in total. The molecule has 0 spiro atoms. The molecular weight excluding hydrogens is 487 g/mol.